The summed E-state index contributed by atoms with van der Waals surface area (Å²) in [6, 6.07) is 5.01. The molecule has 1 aliphatic heterocycles. The van der Waals surface area contributed by atoms with Gasteiger partial charge in [-0.05, 0) is 37.0 Å². The fraction of sp³-hybridized carbons (Fsp3) is 0.500. The molecule has 1 saturated carbocycles. The zero-order chi connectivity index (χ0) is 13.6. The lowest BCUT2D eigenvalue weighted by molar-refractivity contribution is -0.0958. The molecule has 5 heteroatoms. The third kappa shape index (κ3) is 2.04. The Hall–Kier alpha value is -1.75. The summed E-state index contributed by atoms with van der Waals surface area (Å²) in [6.07, 6.45) is 2.15. The molecule has 0 spiro atoms. The molecule has 3 rings (SSSR count). The van der Waals surface area contributed by atoms with Gasteiger partial charge < -0.3 is 20.5 Å². The largest absolute Gasteiger partial charge is 0.495 e. The summed E-state index contributed by atoms with van der Waals surface area (Å²) >= 11 is 0. The summed E-state index contributed by atoms with van der Waals surface area (Å²) in [4.78, 5) is 13.9. The quantitative estimate of drug-likeness (QED) is 0.793. The molecule has 1 amide bonds. The number of amides is 1. The Balaban J connectivity index is 1.70. The molecule has 1 aromatic carbocycles. The molecule has 5 nitrogen and oxygen atoms in total. The van der Waals surface area contributed by atoms with Gasteiger partial charge in [0, 0.05) is 5.56 Å². The van der Waals surface area contributed by atoms with Gasteiger partial charge in [0.15, 0.2) is 0 Å². The number of anilines is 1. The van der Waals surface area contributed by atoms with Crippen molar-refractivity contribution in [1.29, 1.82) is 0 Å². The highest BCUT2D eigenvalue weighted by atomic mass is 16.5. The van der Waals surface area contributed by atoms with E-state index in [0.29, 0.717) is 36.0 Å². The van der Waals surface area contributed by atoms with Gasteiger partial charge in [-0.3, -0.25) is 4.79 Å². The molecule has 1 heterocycles. The number of nitrogen functional groups attached to an aromatic ring is 1. The molecule has 1 saturated heterocycles. The zero-order valence-corrected chi connectivity index (χ0v) is 10.9. The van der Waals surface area contributed by atoms with Crippen LogP contribution in [0.15, 0.2) is 18.2 Å². The van der Waals surface area contributed by atoms with E-state index in [4.69, 9.17) is 10.5 Å². The average molecular weight is 262 g/mol. The van der Waals surface area contributed by atoms with Crippen LogP contribution in [0, 0.1) is 5.92 Å². The minimum absolute atomic E-state index is 0.0836. The lowest BCUT2D eigenvalue weighted by Gasteiger charge is -2.47. The fourth-order valence-corrected chi connectivity index (χ4v) is 2.69. The average Bonchev–Trinajstić information content (AvgIpc) is 3.18. The number of β-amino-alcohol motifs (C(OH)–C–C–N with tert-alkyl or cyclic N) is 1. The third-order valence-electron chi connectivity index (χ3n) is 4.03. The number of likely N-dealkylation sites (tertiary alicyclic amines) is 1. The van der Waals surface area contributed by atoms with Gasteiger partial charge in [-0.1, -0.05) is 0 Å². The standard InChI is InChI=1S/C14H18N2O3/c1-19-12-5-2-9(6-11(12)15)13(17)16-7-14(18,8-16)10-3-4-10/h2,5-6,10,18H,3-4,7-8,15H2,1H3. The number of ether oxygens (including phenoxy) is 1. The topological polar surface area (TPSA) is 75.8 Å². The van der Waals surface area contributed by atoms with Crippen molar-refractivity contribution >= 4 is 11.6 Å². The summed E-state index contributed by atoms with van der Waals surface area (Å²) in [5, 5.41) is 10.2. The highest BCUT2D eigenvalue weighted by Crippen LogP contribution is 2.44. The van der Waals surface area contributed by atoms with Crippen LogP contribution in [0.2, 0.25) is 0 Å². The van der Waals surface area contributed by atoms with Crippen LogP contribution in [-0.4, -0.2) is 41.7 Å². The van der Waals surface area contributed by atoms with Crippen LogP contribution >= 0.6 is 0 Å². The molecule has 0 aromatic heterocycles. The molecule has 2 fully saturated rings. The molecule has 0 radical (unpaired) electrons. The normalized spacial score (nSPS) is 20.8. The molecule has 2 aliphatic rings. The second-order valence-electron chi connectivity index (χ2n) is 5.50. The number of nitrogens with two attached hydrogens (primary N) is 1. The van der Waals surface area contributed by atoms with E-state index in [0.717, 1.165) is 12.8 Å². The van der Waals surface area contributed by atoms with Crippen LogP contribution in [0.4, 0.5) is 5.69 Å². The third-order valence-corrected chi connectivity index (χ3v) is 4.03. The number of hydrogen-bond acceptors (Lipinski definition) is 4. The molecule has 102 valence electrons. The summed E-state index contributed by atoms with van der Waals surface area (Å²) in [7, 11) is 1.54. The van der Waals surface area contributed by atoms with E-state index < -0.39 is 5.60 Å². The van der Waals surface area contributed by atoms with E-state index in [1.165, 1.54) is 0 Å². The van der Waals surface area contributed by atoms with Gasteiger partial charge >= 0.3 is 0 Å². The van der Waals surface area contributed by atoms with Crippen molar-refractivity contribution < 1.29 is 14.6 Å². The number of aliphatic hydroxyl groups is 1. The Morgan fingerprint density at radius 2 is 2.16 bits per heavy atom. The van der Waals surface area contributed by atoms with Crippen molar-refractivity contribution in [2.24, 2.45) is 5.92 Å². The van der Waals surface area contributed by atoms with Crippen LogP contribution in [0.25, 0.3) is 0 Å². The number of methoxy groups -OCH3 is 1. The first-order valence-electron chi connectivity index (χ1n) is 6.49. The zero-order valence-electron chi connectivity index (χ0n) is 10.9. The summed E-state index contributed by atoms with van der Waals surface area (Å²) in [5.41, 5.74) is 6.14. The SMILES string of the molecule is COc1ccc(C(=O)N2CC(O)(C3CC3)C2)cc1N. The number of carbonyl (C=O) groups excluding carboxylic acids is 1. The van der Waals surface area contributed by atoms with Crippen LogP contribution < -0.4 is 10.5 Å². The van der Waals surface area contributed by atoms with Crippen molar-refractivity contribution in [3.05, 3.63) is 23.8 Å². The van der Waals surface area contributed by atoms with Gasteiger partial charge in [0.2, 0.25) is 0 Å². The molecule has 0 unspecified atom stereocenters. The predicted octanol–water partition coefficient (Wildman–Crippen LogP) is 0.874. The van der Waals surface area contributed by atoms with E-state index in [9.17, 15) is 9.90 Å². The fourth-order valence-electron chi connectivity index (χ4n) is 2.69. The first-order chi connectivity index (χ1) is 9.03. The molecule has 19 heavy (non-hydrogen) atoms. The maximum Gasteiger partial charge on any atom is 0.254 e. The summed E-state index contributed by atoms with van der Waals surface area (Å²) in [5.74, 6) is 0.867. The highest BCUT2D eigenvalue weighted by Gasteiger charge is 2.53. The molecular formula is C14H18N2O3. The van der Waals surface area contributed by atoms with E-state index in [2.05, 4.69) is 0 Å². The minimum atomic E-state index is -0.645. The van der Waals surface area contributed by atoms with Gasteiger partial charge in [-0.15, -0.1) is 0 Å². The molecule has 1 aliphatic carbocycles. The minimum Gasteiger partial charge on any atom is -0.495 e. The first kappa shape index (κ1) is 12.3. The van der Waals surface area contributed by atoms with Crippen LogP contribution in [0.5, 0.6) is 5.75 Å². The Morgan fingerprint density at radius 1 is 1.47 bits per heavy atom. The van der Waals surface area contributed by atoms with Crippen molar-refractivity contribution in [2.45, 2.75) is 18.4 Å². The summed E-state index contributed by atoms with van der Waals surface area (Å²) < 4.78 is 5.06. The predicted molar refractivity (Wildman–Crippen MR) is 71.0 cm³/mol. The highest BCUT2D eigenvalue weighted by molar-refractivity contribution is 5.96. The Kier molecular flexibility index (Phi) is 2.67. The van der Waals surface area contributed by atoms with Crippen LogP contribution in [0.1, 0.15) is 23.2 Å². The summed E-state index contributed by atoms with van der Waals surface area (Å²) in [6.45, 7) is 0.866. The number of rotatable bonds is 3. The molecule has 0 bridgehead atoms. The van der Waals surface area contributed by atoms with Crippen LogP contribution in [-0.2, 0) is 0 Å². The number of benzene rings is 1. The van der Waals surface area contributed by atoms with E-state index >= 15 is 0 Å². The maximum atomic E-state index is 12.2. The number of nitrogens with zero attached hydrogens (tertiary/aromatic N) is 1. The monoisotopic (exact) mass is 262 g/mol. The molecular weight excluding hydrogens is 244 g/mol. The van der Waals surface area contributed by atoms with Gasteiger partial charge in [-0.25, -0.2) is 0 Å². The Morgan fingerprint density at radius 3 is 2.68 bits per heavy atom. The van der Waals surface area contributed by atoms with Gasteiger partial charge in [0.25, 0.3) is 5.91 Å². The smallest absolute Gasteiger partial charge is 0.254 e. The molecule has 3 N–H and O–H groups in total. The van der Waals surface area contributed by atoms with Gasteiger partial charge in [-0.2, -0.15) is 0 Å². The van der Waals surface area contributed by atoms with E-state index in [-0.39, 0.29) is 5.91 Å². The van der Waals surface area contributed by atoms with Gasteiger partial charge in [0.1, 0.15) is 11.4 Å². The second kappa shape index (κ2) is 4.13. The Labute approximate surface area is 112 Å². The second-order valence-corrected chi connectivity index (χ2v) is 5.50. The van der Waals surface area contributed by atoms with E-state index in [1.807, 2.05) is 0 Å². The number of carbonyl (C=O) groups is 1. The Bertz CT molecular complexity index is 519. The van der Waals surface area contributed by atoms with Crippen molar-refractivity contribution in [1.82, 2.24) is 4.90 Å². The van der Waals surface area contributed by atoms with Crippen LogP contribution in [0.3, 0.4) is 0 Å². The lowest BCUT2D eigenvalue weighted by atomic mass is 9.88. The van der Waals surface area contributed by atoms with Crippen molar-refractivity contribution in [2.75, 3.05) is 25.9 Å². The molecule has 0 atom stereocenters. The number of hydrogen-bond donors (Lipinski definition) is 2. The van der Waals surface area contributed by atoms with Crippen molar-refractivity contribution in [3.63, 3.8) is 0 Å². The maximum absolute atomic E-state index is 12.2. The van der Waals surface area contributed by atoms with E-state index in [1.54, 1.807) is 30.2 Å². The van der Waals surface area contributed by atoms with Gasteiger partial charge in [0.05, 0.1) is 25.9 Å². The molecule has 1 aromatic rings. The first-order valence-corrected chi connectivity index (χ1v) is 6.49. The van der Waals surface area contributed by atoms with Crippen molar-refractivity contribution in [3.8, 4) is 5.75 Å². The lowest BCUT2D eigenvalue weighted by Crippen LogP contribution is -2.64.